The van der Waals surface area contributed by atoms with E-state index < -0.39 is 11.9 Å². The fourth-order valence-corrected chi connectivity index (χ4v) is 1.79. The molecule has 0 aliphatic rings. The Morgan fingerprint density at radius 1 is 1.15 bits per heavy atom. The molecule has 0 saturated carbocycles. The number of hydrogen-bond donors (Lipinski definition) is 2. The monoisotopic (exact) mass is 286 g/mol. The highest BCUT2D eigenvalue weighted by Gasteiger charge is 2.19. The summed E-state index contributed by atoms with van der Waals surface area (Å²) in [6.07, 6.45) is 1.59. The highest BCUT2D eigenvalue weighted by atomic mass is 16.4. The Kier molecular flexibility index (Phi) is 8.59. The lowest BCUT2D eigenvalue weighted by molar-refractivity contribution is -0.142. The minimum absolute atomic E-state index is 0.0129. The molecule has 0 rings (SSSR count). The van der Waals surface area contributed by atoms with Crippen LogP contribution in [0.5, 0.6) is 0 Å². The van der Waals surface area contributed by atoms with Crippen molar-refractivity contribution in [1.29, 1.82) is 0 Å². The third-order valence-electron chi connectivity index (χ3n) is 2.94. The summed E-state index contributed by atoms with van der Waals surface area (Å²) in [5.41, 5.74) is 0. The topological polar surface area (TPSA) is 86.7 Å². The van der Waals surface area contributed by atoms with Crippen molar-refractivity contribution in [2.45, 2.75) is 39.5 Å². The number of carboxylic acid groups (broad SMARTS) is 1. The summed E-state index contributed by atoms with van der Waals surface area (Å²) in [6, 6.07) is 0. The molecule has 2 N–H and O–H groups in total. The van der Waals surface area contributed by atoms with E-state index in [1.807, 2.05) is 13.8 Å². The summed E-state index contributed by atoms with van der Waals surface area (Å²) in [6.45, 7) is 4.04. The number of rotatable bonds is 9. The van der Waals surface area contributed by atoms with Gasteiger partial charge < -0.3 is 15.3 Å². The lowest BCUT2D eigenvalue weighted by Gasteiger charge is -2.15. The van der Waals surface area contributed by atoms with Crippen LogP contribution >= 0.6 is 0 Å². The van der Waals surface area contributed by atoms with Gasteiger partial charge in [-0.05, 0) is 18.8 Å². The first-order valence-corrected chi connectivity index (χ1v) is 6.93. The number of nitrogens with one attached hydrogen (secondary N) is 1. The zero-order valence-electron chi connectivity index (χ0n) is 12.8. The summed E-state index contributed by atoms with van der Waals surface area (Å²) < 4.78 is 0. The van der Waals surface area contributed by atoms with E-state index in [1.54, 1.807) is 14.1 Å². The Hall–Kier alpha value is -1.59. The smallest absolute Gasteiger partial charge is 0.308 e. The zero-order chi connectivity index (χ0) is 15.7. The molecule has 0 bridgehead atoms. The first-order chi connectivity index (χ1) is 9.23. The summed E-state index contributed by atoms with van der Waals surface area (Å²) in [7, 11) is 3.34. The van der Waals surface area contributed by atoms with Crippen molar-refractivity contribution in [3.05, 3.63) is 0 Å². The molecule has 0 saturated heterocycles. The van der Waals surface area contributed by atoms with Gasteiger partial charge in [0.2, 0.25) is 11.8 Å². The number of carbonyl (C=O) groups excluding carboxylic acids is 2. The molecule has 0 aliphatic carbocycles. The highest BCUT2D eigenvalue weighted by Crippen LogP contribution is 2.11. The molecule has 6 nitrogen and oxygen atoms in total. The molecule has 6 heteroatoms. The van der Waals surface area contributed by atoms with Gasteiger partial charge in [-0.2, -0.15) is 0 Å². The van der Waals surface area contributed by atoms with Crippen LogP contribution in [0.2, 0.25) is 0 Å². The second-order valence-corrected chi connectivity index (χ2v) is 5.61. The number of amides is 2. The Morgan fingerprint density at radius 3 is 2.20 bits per heavy atom. The maximum atomic E-state index is 11.6. The zero-order valence-corrected chi connectivity index (χ0v) is 12.8. The maximum absolute atomic E-state index is 11.6. The summed E-state index contributed by atoms with van der Waals surface area (Å²) in [5.74, 6) is -1.39. The first-order valence-electron chi connectivity index (χ1n) is 6.93. The van der Waals surface area contributed by atoms with Gasteiger partial charge >= 0.3 is 5.97 Å². The fourth-order valence-electron chi connectivity index (χ4n) is 1.79. The minimum Gasteiger partial charge on any atom is -0.481 e. The molecular weight excluding hydrogens is 260 g/mol. The molecule has 0 aromatic heterocycles. The Bertz CT molecular complexity index is 340. The predicted octanol–water partition coefficient (Wildman–Crippen LogP) is 1.11. The second kappa shape index (κ2) is 9.34. The average molecular weight is 286 g/mol. The van der Waals surface area contributed by atoms with Crippen LogP contribution in [0.1, 0.15) is 39.5 Å². The molecule has 0 fully saturated rings. The van der Waals surface area contributed by atoms with E-state index in [0.29, 0.717) is 19.3 Å². The van der Waals surface area contributed by atoms with Crippen LogP contribution in [0.25, 0.3) is 0 Å². The third kappa shape index (κ3) is 8.50. The Labute approximate surface area is 120 Å². The molecule has 0 aromatic rings. The lowest BCUT2D eigenvalue weighted by atomic mass is 9.97. The van der Waals surface area contributed by atoms with Gasteiger partial charge in [0.25, 0.3) is 0 Å². The largest absolute Gasteiger partial charge is 0.481 e. The summed E-state index contributed by atoms with van der Waals surface area (Å²) >= 11 is 0. The van der Waals surface area contributed by atoms with Crippen LogP contribution in [0, 0.1) is 11.8 Å². The van der Waals surface area contributed by atoms with Gasteiger partial charge in [0.15, 0.2) is 0 Å². The Morgan fingerprint density at radius 2 is 1.75 bits per heavy atom. The van der Waals surface area contributed by atoms with Crippen LogP contribution in [0.4, 0.5) is 0 Å². The van der Waals surface area contributed by atoms with Gasteiger partial charge in [0.05, 0.1) is 5.92 Å². The van der Waals surface area contributed by atoms with Gasteiger partial charge in [-0.25, -0.2) is 0 Å². The molecule has 0 spiro atoms. The normalized spacial score (nSPS) is 12.1. The molecule has 20 heavy (non-hydrogen) atoms. The predicted molar refractivity (Wildman–Crippen MR) is 76.1 cm³/mol. The number of hydrogen-bond acceptors (Lipinski definition) is 3. The molecule has 116 valence electrons. The summed E-state index contributed by atoms with van der Waals surface area (Å²) in [4.78, 5) is 35.4. The molecule has 1 unspecified atom stereocenters. The SMILES string of the molecule is CC(C)CC(CNC(=O)CCCC(=O)N(C)C)C(=O)O. The maximum Gasteiger partial charge on any atom is 0.308 e. The van der Waals surface area contributed by atoms with Crippen LogP contribution < -0.4 is 5.32 Å². The van der Waals surface area contributed by atoms with E-state index in [9.17, 15) is 14.4 Å². The van der Waals surface area contributed by atoms with Crippen molar-refractivity contribution in [2.75, 3.05) is 20.6 Å². The van der Waals surface area contributed by atoms with Crippen LogP contribution in [0.3, 0.4) is 0 Å². The Balaban J connectivity index is 3.96. The number of carboxylic acids is 1. The highest BCUT2D eigenvalue weighted by molar-refractivity contribution is 5.79. The van der Waals surface area contributed by atoms with Crippen molar-refractivity contribution < 1.29 is 19.5 Å². The third-order valence-corrected chi connectivity index (χ3v) is 2.94. The number of aliphatic carboxylic acids is 1. The molecular formula is C14H26N2O4. The van der Waals surface area contributed by atoms with Crippen LogP contribution in [-0.4, -0.2) is 48.4 Å². The van der Waals surface area contributed by atoms with Crippen LogP contribution in [0.15, 0.2) is 0 Å². The molecule has 0 heterocycles. The molecule has 0 aliphatic heterocycles. The van der Waals surface area contributed by atoms with Crippen molar-refractivity contribution in [3.8, 4) is 0 Å². The van der Waals surface area contributed by atoms with Crippen molar-refractivity contribution in [1.82, 2.24) is 10.2 Å². The van der Waals surface area contributed by atoms with E-state index in [2.05, 4.69) is 5.32 Å². The molecule has 2 amide bonds. The average Bonchev–Trinajstić information content (AvgIpc) is 2.33. The molecule has 1 atom stereocenters. The van der Waals surface area contributed by atoms with Crippen molar-refractivity contribution in [2.24, 2.45) is 11.8 Å². The second-order valence-electron chi connectivity index (χ2n) is 5.61. The minimum atomic E-state index is -0.887. The van der Waals surface area contributed by atoms with Gasteiger partial charge in [-0.15, -0.1) is 0 Å². The fraction of sp³-hybridized carbons (Fsp3) is 0.786. The van der Waals surface area contributed by atoms with E-state index >= 15 is 0 Å². The van der Waals surface area contributed by atoms with Gasteiger partial charge in [0, 0.05) is 33.5 Å². The van der Waals surface area contributed by atoms with E-state index in [4.69, 9.17) is 5.11 Å². The van der Waals surface area contributed by atoms with Gasteiger partial charge in [-0.1, -0.05) is 13.8 Å². The number of nitrogens with zero attached hydrogens (tertiary/aromatic N) is 1. The molecule has 0 aromatic carbocycles. The summed E-state index contributed by atoms with van der Waals surface area (Å²) in [5, 5.41) is 11.7. The first kappa shape index (κ1) is 18.4. The van der Waals surface area contributed by atoms with Crippen molar-refractivity contribution in [3.63, 3.8) is 0 Å². The van der Waals surface area contributed by atoms with E-state index in [-0.39, 0.29) is 30.7 Å². The van der Waals surface area contributed by atoms with Crippen molar-refractivity contribution >= 4 is 17.8 Å². The number of carbonyl (C=O) groups is 3. The molecule has 0 radical (unpaired) electrons. The van der Waals surface area contributed by atoms with Crippen LogP contribution in [-0.2, 0) is 14.4 Å². The van der Waals surface area contributed by atoms with Gasteiger partial charge in [0.1, 0.15) is 0 Å². The van der Waals surface area contributed by atoms with Gasteiger partial charge in [-0.3, -0.25) is 14.4 Å². The standard InChI is InChI=1S/C14H26N2O4/c1-10(2)8-11(14(19)20)9-15-12(17)6-5-7-13(18)16(3)4/h10-11H,5-9H2,1-4H3,(H,15,17)(H,19,20). The van der Waals surface area contributed by atoms with E-state index in [0.717, 1.165) is 0 Å². The van der Waals surface area contributed by atoms with E-state index in [1.165, 1.54) is 4.90 Å². The lowest BCUT2D eigenvalue weighted by Crippen LogP contribution is -2.33. The quantitative estimate of drug-likeness (QED) is 0.664.